The molecule has 98 valence electrons. The number of ether oxygens (including phenoxy) is 1. The van der Waals surface area contributed by atoms with E-state index in [2.05, 4.69) is 10.3 Å². The highest BCUT2D eigenvalue weighted by Gasteiger charge is 2.15. The van der Waals surface area contributed by atoms with Gasteiger partial charge in [-0.1, -0.05) is 18.2 Å². The SMILES string of the molecule is COC(=O)[C@@H](C)c1cccc(Nc2ccccn2)c1. The van der Waals surface area contributed by atoms with Gasteiger partial charge in [-0.2, -0.15) is 0 Å². The fourth-order valence-electron chi connectivity index (χ4n) is 1.78. The fourth-order valence-corrected chi connectivity index (χ4v) is 1.78. The molecule has 0 fully saturated rings. The predicted molar refractivity (Wildman–Crippen MR) is 74.4 cm³/mol. The van der Waals surface area contributed by atoms with Gasteiger partial charge in [-0.05, 0) is 36.8 Å². The fraction of sp³-hybridized carbons (Fsp3) is 0.200. The van der Waals surface area contributed by atoms with E-state index < -0.39 is 0 Å². The monoisotopic (exact) mass is 256 g/mol. The van der Waals surface area contributed by atoms with Gasteiger partial charge in [0.1, 0.15) is 5.82 Å². The van der Waals surface area contributed by atoms with Crippen LogP contribution in [0.25, 0.3) is 0 Å². The van der Waals surface area contributed by atoms with Gasteiger partial charge in [0, 0.05) is 11.9 Å². The van der Waals surface area contributed by atoms with Gasteiger partial charge in [-0.15, -0.1) is 0 Å². The third kappa shape index (κ3) is 3.31. The largest absolute Gasteiger partial charge is 0.469 e. The Kier molecular flexibility index (Phi) is 4.13. The number of hydrogen-bond donors (Lipinski definition) is 1. The van der Waals surface area contributed by atoms with Crippen molar-refractivity contribution in [3.05, 3.63) is 54.2 Å². The molecule has 0 spiro atoms. The molecule has 1 heterocycles. The average molecular weight is 256 g/mol. The number of rotatable bonds is 4. The summed E-state index contributed by atoms with van der Waals surface area (Å²) in [5.74, 6) is 0.246. The number of methoxy groups -OCH3 is 1. The van der Waals surface area contributed by atoms with Crippen molar-refractivity contribution in [1.29, 1.82) is 0 Å². The summed E-state index contributed by atoms with van der Waals surface area (Å²) >= 11 is 0. The molecule has 0 unspecified atom stereocenters. The minimum absolute atomic E-state index is 0.241. The van der Waals surface area contributed by atoms with E-state index in [0.29, 0.717) is 0 Å². The van der Waals surface area contributed by atoms with Crippen molar-refractivity contribution < 1.29 is 9.53 Å². The number of nitrogens with zero attached hydrogens (tertiary/aromatic N) is 1. The third-order valence-corrected chi connectivity index (χ3v) is 2.88. The molecule has 0 amide bonds. The highest BCUT2D eigenvalue weighted by Crippen LogP contribution is 2.22. The highest BCUT2D eigenvalue weighted by atomic mass is 16.5. The highest BCUT2D eigenvalue weighted by molar-refractivity contribution is 5.78. The molecule has 1 aromatic carbocycles. The molecule has 1 N–H and O–H groups in total. The topological polar surface area (TPSA) is 51.2 Å². The van der Waals surface area contributed by atoms with Crippen LogP contribution in [-0.4, -0.2) is 18.1 Å². The number of pyridine rings is 1. The number of carbonyl (C=O) groups excluding carboxylic acids is 1. The van der Waals surface area contributed by atoms with Gasteiger partial charge >= 0.3 is 5.97 Å². The lowest BCUT2D eigenvalue weighted by molar-refractivity contribution is -0.141. The molecule has 19 heavy (non-hydrogen) atoms. The van der Waals surface area contributed by atoms with E-state index in [0.717, 1.165) is 17.1 Å². The number of benzene rings is 1. The lowest BCUT2D eigenvalue weighted by Crippen LogP contribution is -2.10. The van der Waals surface area contributed by atoms with Crippen molar-refractivity contribution in [3.63, 3.8) is 0 Å². The van der Waals surface area contributed by atoms with Gasteiger partial charge in [-0.25, -0.2) is 4.98 Å². The standard InChI is InChI=1S/C15H16N2O2/c1-11(15(18)19-2)12-6-5-7-13(10-12)17-14-8-3-4-9-16-14/h3-11H,1-2H3,(H,16,17)/t11-/m0/s1. The van der Waals surface area contributed by atoms with Gasteiger partial charge in [-0.3, -0.25) is 4.79 Å². The zero-order chi connectivity index (χ0) is 13.7. The number of hydrogen-bond acceptors (Lipinski definition) is 4. The lowest BCUT2D eigenvalue weighted by Gasteiger charge is -2.11. The molecule has 4 heteroatoms. The van der Waals surface area contributed by atoms with Crippen LogP contribution in [-0.2, 0) is 9.53 Å². The van der Waals surface area contributed by atoms with Crippen LogP contribution in [0.4, 0.5) is 11.5 Å². The Morgan fingerprint density at radius 1 is 1.26 bits per heavy atom. The molecular weight excluding hydrogens is 240 g/mol. The van der Waals surface area contributed by atoms with E-state index in [1.165, 1.54) is 7.11 Å². The Hall–Kier alpha value is -2.36. The average Bonchev–Trinajstić information content (AvgIpc) is 2.47. The van der Waals surface area contributed by atoms with Crippen LogP contribution in [0.5, 0.6) is 0 Å². The van der Waals surface area contributed by atoms with Gasteiger partial charge in [0.25, 0.3) is 0 Å². The molecule has 4 nitrogen and oxygen atoms in total. The van der Waals surface area contributed by atoms with E-state index >= 15 is 0 Å². The Labute approximate surface area is 112 Å². The summed E-state index contributed by atoms with van der Waals surface area (Å²) in [6, 6.07) is 13.3. The van der Waals surface area contributed by atoms with Gasteiger partial charge in [0.05, 0.1) is 13.0 Å². The number of aromatic nitrogens is 1. The van der Waals surface area contributed by atoms with Crippen molar-refractivity contribution in [2.45, 2.75) is 12.8 Å². The van der Waals surface area contributed by atoms with E-state index in [1.54, 1.807) is 6.20 Å². The predicted octanol–water partition coefficient (Wildman–Crippen LogP) is 3.10. The minimum atomic E-state index is -0.282. The second-order valence-corrected chi connectivity index (χ2v) is 4.21. The molecule has 2 rings (SSSR count). The van der Waals surface area contributed by atoms with Crippen molar-refractivity contribution >= 4 is 17.5 Å². The van der Waals surface area contributed by atoms with Crippen LogP contribution in [0.3, 0.4) is 0 Å². The first kappa shape index (κ1) is 13.1. The Bertz CT molecular complexity index is 555. The molecule has 0 radical (unpaired) electrons. The molecule has 0 bridgehead atoms. The molecule has 0 aliphatic heterocycles. The van der Waals surface area contributed by atoms with E-state index in [-0.39, 0.29) is 11.9 Å². The molecule has 2 aromatic rings. The van der Waals surface area contributed by atoms with Crippen LogP contribution >= 0.6 is 0 Å². The summed E-state index contributed by atoms with van der Waals surface area (Å²) in [6.45, 7) is 1.83. The van der Waals surface area contributed by atoms with Crippen LogP contribution in [0, 0.1) is 0 Å². The second kappa shape index (κ2) is 6.00. The van der Waals surface area contributed by atoms with E-state index in [1.807, 2.05) is 49.4 Å². The maximum atomic E-state index is 11.5. The van der Waals surface area contributed by atoms with Crippen molar-refractivity contribution in [1.82, 2.24) is 4.98 Å². The summed E-state index contributed by atoms with van der Waals surface area (Å²) < 4.78 is 4.75. The van der Waals surface area contributed by atoms with Crippen LogP contribution < -0.4 is 5.32 Å². The maximum absolute atomic E-state index is 11.5. The maximum Gasteiger partial charge on any atom is 0.312 e. The zero-order valence-corrected chi connectivity index (χ0v) is 11.0. The lowest BCUT2D eigenvalue weighted by atomic mass is 10.0. The summed E-state index contributed by atoms with van der Waals surface area (Å²) in [4.78, 5) is 15.7. The first-order chi connectivity index (χ1) is 9.20. The molecule has 0 aliphatic carbocycles. The summed E-state index contributed by atoms with van der Waals surface area (Å²) in [5, 5.41) is 3.19. The van der Waals surface area contributed by atoms with Crippen molar-refractivity contribution in [3.8, 4) is 0 Å². The first-order valence-corrected chi connectivity index (χ1v) is 6.06. The molecule has 0 saturated heterocycles. The molecule has 1 atom stereocenters. The quantitative estimate of drug-likeness (QED) is 0.854. The van der Waals surface area contributed by atoms with Gasteiger partial charge < -0.3 is 10.1 Å². The van der Waals surface area contributed by atoms with Crippen LogP contribution in [0.15, 0.2) is 48.7 Å². The second-order valence-electron chi connectivity index (χ2n) is 4.21. The van der Waals surface area contributed by atoms with Crippen molar-refractivity contribution in [2.75, 3.05) is 12.4 Å². The molecular formula is C15H16N2O2. The number of nitrogens with one attached hydrogen (secondary N) is 1. The van der Waals surface area contributed by atoms with Crippen molar-refractivity contribution in [2.24, 2.45) is 0 Å². The summed E-state index contributed by atoms with van der Waals surface area (Å²) in [5.41, 5.74) is 1.81. The number of anilines is 2. The molecule has 0 aliphatic rings. The Morgan fingerprint density at radius 2 is 2.11 bits per heavy atom. The van der Waals surface area contributed by atoms with Crippen LogP contribution in [0.1, 0.15) is 18.4 Å². The van der Waals surface area contributed by atoms with E-state index in [4.69, 9.17) is 4.74 Å². The zero-order valence-electron chi connectivity index (χ0n) is 11.0. The summed E-state index contributed by atoms with van der Waals surface area (Å²) in [7, 11) is 1.40. The third-order valence-electron chi connectivity index (χ3n) is 2.88. The Balaban J connectivity index is 2.18. The van der Waals surface area contributed by atoms with E-state index in [9.17, 15) is 4.79 Å². The Morgan fingerprint density at radius 3 is 2.79 bits per heavy atom. The van der Waals surface area contributed by atoms with Gasteiger partial charge in [0.2, 0.25) is 0 Å². The first-order valence-electron chi connectivity index (χ1n) is 6.06. The summed E-state index contributed by atoms with van der Waals surface area (Å²) in [6.07, 6.45) is 1.73. The minimum Gasteiger partial charge on any atom is -0.469 e. The smallest absolute Gasteiger partial charge is 0.312 e. The molecule has 1 aromatic heterocycles. The number of carbonyl (C=O) groups is 1. The normalized spacial score (nSPS) is 11.7. The van der Waals surface area contributed by atoms with Crippen LogP contribution in [0.2, 0.25) is 0 Å². The van der Waals surface area contributed by atoms with Gasteiger partial charge in [0.15, 0.2) is 0 Å². The molecule has 0 saturated carbocycles. The number of esters is 1.